The zero-order valence-corrected chi connectivity index (χ0v) is 25.0. The summed E-state index contributed by atoms with van der Waals surface area (Å²) in [5.41, 5.74) is 9.16. The zero-order chi connectivity index (χ0) is 30.2. The molecule has 9 heteroatoms. The number of aliphatic hydroxyl groups excluding tert-OH is 1. The van der Waals surface area contributed by atoms with Crippen LogP contribution in [-0.4, -0.2) is 67.8 Å². The summed E-state index contributed by atoms with van der Waals surface area (Å²) >= 11 is 0. The Morgan fingerprint density at radius 3 is 2.19 bits per heavy atom. The van der Waals surface area contributed by atoms with E-state index in [1.165, 1.54) is 0 Å². The molecule has 0 heterocycles. The van der Waals surface area contributed by atoms with Gasteiger partial charge in [-0.2, -0.15) is 0 Å². The molecule has 0 aliphatic rings. The van der Waals surface area contributed by atoms with Gasteiger partial charge in [0.2, 0.25) is 0 Å². The van der Waals surface area contributed by atoms with Crippen molar-refractivity contribution in [2.24, 2.45) is 0 Å². The van der Waals surface area contributed by atoms with Crippen molar-refractivity contribution in [1.82, 2.24) is 10.2 Å². The van der Waals surface area contributed by atoms with Crippen LogP contribution in [0.2, 0.25) is 0 Å². The van der Waals surface area contributed by atoms with Gasteiger partial charge in [0.05, 0.1) is 38.2 Å². The number of nitrogens with zero attached hydrogens (tertiary/aromatic N) is 1. The molecule has 42 heavy (non-hydrogen) atoms. The number of alkyl carbamates (subject to hydrolysis) is 1. The Morgan fingerprint density at radius 2 is 1.55 bits per heavy atom. The van der Waals surface area contributed by atoms with Crippen molar-refractivity contribution in [3.05, 3.63) is 95.6 Å². The number of aliphatic hydroxyl groups is 1. The third-order valence-corrected chi connectivity index (χ3v) is 6.17. The number of benzene rings is 3. The van der Waals surface area contributed by atoms with Gasteiger partial charge in [0.15, 0.2) is 0 Å². The zero-order valence-electron chi connectivity index (χ0n) is 25.0. The molecule has 0 aliphatic heterocycles. The molecule has 0 aromatic heterocycles. The first-order chi connectivity index (χ1) is 20.2. The average Bonchev–Trinajstić information content (AvgIpc) is 2.95. The second-order valence-corrected chi connectivity index (χ2v) is 11.0. The topological polar surface area (TPSA) is 116 Å². The molecule has 0 radical (unpaired) electrons. The molecule has 3 aromatic rings. The van der Waals surface area contributed by atoms with Gasteiger partial charge < -0.3 is 35.1 Å². The standard InChI is InChI=1S/C33H45N3O6/c1-33(2,3)42-32(38)35-16-18-39-20-21-40-19-17-36(23-26-10-6-4-7-11-26)24-30(37)28-14-15-31(29(34)22-28)41-25-27-12-8-5-9-13-27/h4-15,22,30,37H,16-21,23-25,34H2,1-3H3,(H,35,38). The third-order valence-electron chi connectivity index (χ3n) is 6.17. The number of nitrogens with one attached hydrogen (secondary N) is 1. The fourth-order valence-electron chi connectivity index (χ4n) is 4.12. The molecule has 0 saturated heterocycles. The van der Waals surface area contributed by atoms with Crippen LogP contribution in [-0.2, 0) is 27.4 Å². The van der Waals surface area contributed by atoms with E-state index in [1.807, 2.05) is 81.4 Å². The highest BCUT2D eigenvalue weighted by Gasteiger charge is 2.17. The van der Waals surface area contributed by atoms with Crippen molar-refractivity contribution in [3.63, 3.8) is 0 Å². The minimum atomic E-state index is -0.736. The Hall–Kier alpha value is -3.63. The number of nitrogen functional groups attached to an aromatic ring is 1. The molecule has 0 fully saturated rings. The average molecular weight is 580 g/mol. The van der Waals surface area contributed by atoms with Crippen molar-refractivity contribution in [2.75, 3.05) is 51.8 Å². The van der Waals surface area contributed by atoms with Gasteiger partial charge in [0, 0.05) is 26.2 Å². The van der Waals surface area contributed by atoms with Crippen molar-refractivity contribution < 1.29 is 28.8 Å². The van der Waals surface area contributed by atoms with Crippen molar-refractivity contribution >= 4 is 11.8 Å². The minimum Gasteiger partial charge on any atom is -0.487 e. The number of carbonyl (C=O) groups is 1. The molecule has 0 spiro atoms. The number of hydrogen-bond acceptors (Lipinski definition) is 8. The SMILES string of the molecule is CC(C)(C)OC(=O)NCCOCCOCCN(Cc1ccccc1)CC(O)c1ccc(OCc2ccccc2)c(N)c1. The molecule has 4 N–H and O–H groups in total. The van der Waals surface area contributed by atoms with E-state index < -0.39 is 17.8 Å². The van der Waals surface area contributed by atoms with Gasteiger partial charge in [-0.1, -0.05) is 66.7 Å². The molecular formula is C33H45N3O6. The molecule has 1 unspecified atom stereocenters. The van der Waals surface area contributed by atoms with Crippen LogP contribution in [0.3, 0.4) is 0 Å². The van der Waals surface area contributed by atoms with Gasteiger partial charge in [0.1, 0.15) is 18.0 Å². The van der Waals surface area contributed by atoms with Gasteiger partial charge in [-0.05, 0) is 49.6 Å². The van der Waals surface area contributed by atoms with E-state index in [-0.39, 0.29) is 0 Å². The van der Waals surface area contributed by atoms with E-state index in [0.29, 0.717) is 70.7 Å². The molecule has 0 bridgehead atoms. The maximum absolute atomic E-state index is 11.7. The summed E-state index contributed by atoms with van der Waals surface area (Å²) in [5.74, 6) is 0.590. The quantitative estimate of drug-likeness (QED) is 0.152. The molecule has 3 aromatic carbocycles. The lowest BCUT2D eigenvalue weighted by atomic mass is 10.1. The van der Waals surface area contributed by atoms with E-state index in [1.54, 1.807) is 6.07 Å². The Balaban J connectivity index is 1.43. The largest absolute Gasteiger partial charge is 0.487 e. The van der Waals surface area contributed by atoms with E-state index in [4.69, 9.17) is 24.7 Å². The molecule has 9 nitrogen and oxygen atoms in total. The monoisotopic (exact) mass is 579 g/mol. The molecule has 1 atom stereocenters. The molecule has 0 saturated carbocycles. The Labute approximate surface area is 249 Å². The predicted molar refractivity (Wildman–Crippen MR) is 164 cm³/mol. The van der Waals surface area contributed by atoms with E-state index >= 15 is 0 Å². The third kappa shape index (κ3) is 12.9. The van der Waals surface area contributed by atoms with E-state index in [2.05, 4.69) is 22.3 Å². The Kier molecular flexibility index (Phi) is 13.6. The lowest BCUT2D eigenvalue weighted by Crippen LogP contribution is -2.34. The van der Waals surface area contributed by atoms with Crippen LogP contribution < -0.4 is 15.8 Å². The van der Waals surface area contributed by atoms with Crippen molar-refractivity contribution in [1.29, 1.82) is 0 Å². The summed E-state index contributed by atoms with van der Waals surface area (Å²) in [5, 5.41) is 13.7. The van der Waals surface area contributed by atoms with Crippen molar-refractivity contribution in [2.45, 2.75) is 45.6 Å². The normalized spacial score (nSPS) is 12.2. The molecular weight excluding hydrogens is 534 g/mol. The predicted octanol–water partition coefficient (Wildman–Crippen LogP) is 4.94. The highest BCUT2D eigenvalue weighted by atomic mass is 16.6. The fraction of sp³-hybridized carbons (Fsp3) is 0.424. The first-order valence-corrected chi connectivity index (χ1v) is 14.3. The van der Waals surface area contributed by atoms with Crippen LogP contribution in [0.4, 0.5) is 10.5 Å². The smallest absolute Gasteiger partial charge is 0.407 e. The van der Waals surface area contributed by atoms with Gasteiger partial charge in [-0.25, -0.2) is 4.79 Å². The highest BCUT2D eigenvalue weighted by molar-refractivity contribution is 5.67. The number of amides is 1. The van der Waals surface area contributed by atoms with Gasteiger partial charge in [-0.15, -0.1) is 0 Å². The molecule has 1 amide bonds. The lowest BCUT2D eigenvalue weighted by Gasteiger charge is -2.25. The second kappa shape index (κ2) is 17.4. The molecule has 3 rings (SSSR count). The summed E-state index contributed by atoms with van der Waals surface area (Å²) in [6.45, 7) is 9.63. The van der Waals surface area contributed by atoms with Crippen LogP contribution in [0.15, 0.2) is 78.9 Å². The van der Waals surface area contributed by atoms with Crippen LogP contribution in [0, 0.1) is 0 Å². The Bertz CT molecular complexity index is 1190. The van der Waals surface area contributed by atoms with Crippen LogP contribution in [0.25, 0.3) is 0 Å². The maximum Gasteiger partial charge on any atom is 0.407 e. The summed E-state index contributed by atoms with van der Waals surface area (Å²) in [7, 11) is 0. The van der Waals surface area contributed by atoms with E-state index in [0.717, 1.165) is 16.7 Å². The fourth-order valence-corrected chi connectivity index (χ4v) is 4.12. The first kappa shape index (κ1) is 32.9. The summed E-state index contributed by atoms with van der Waals surface area (Å²) in [6.07, 6.45) is -1.20. The summed E-state index contributed by atoms with van der Waals surface area (Å²) in [6, 6.07) is 25.5. The van der Waals surface area contributed by atoms with Crippen molar-refractivity contribution in [3.8, 4) is 5.75 Å². The van der Waals surface area contributed by atoms with Gasteiger partial charge in [0.25, 0.3) is 0 Å². The second-order valence-electron chi connectivity index (χ2n) is 11.0. The minimum absolute atomic E-state index is 0.363. The number of hydrogen-bond donors (Lipinski definition) is 3. The first-order valence-electron chi connectivity index (χ1n) is 14.3. The van der Waals surface area contributed by atoms with Crippen LogP contribution in [0.1, 0.15) is 43.6 Å². The summed E-state index contributed by atoms with van der Waals surface area (Å²) < 4.78 is 22.4. The summed E-state index contributed by atoms with van der Waals surface area (Å²) in [4.78, 5) is 13.8. The van der Waals surface area contributed by atoms with Crippen LogP contribution in [0.5, 0.6) is 5.75 Å². The number of nitrogens with two attached hydrogens (primary N) is 1. The Morgan fingerprint density at radius 1 is 0.905 bits per heavy atom. The van der Waals surface area contributed by atoms with Gasteiger partial charge >= 0.3 is 6.09 Å². The molecule has 0 aliphatic carbocycles. The number of anilines is 1. The lowest BCUT2D eigenvalue weighted by molar-refractivity contribution is 0.0283. The van der Waals surface area contributed by atoms with Gasteiger partial charge in [-0.3, -0.25) is 4.90 Å². The van der Waals surface area contributed by atoms with Crippen LogP contribution >= 0.6 is 0 Å². The number of carbonyl (C=O) groups excluding carboxylic acids is 1. The van der Waals surface area contributed by atoms with E-state index in [9.17, 15) is 9.90 Å². The highest BCUT2D eigenvalue weighted by Crippen LogP contribution is 2.27. The maximum atomic E-state index is 11.7. The molecule has 228 valence electrons. The number of ether oxygens (including phenoxy) is 4. The number of rotatable bonds is 17.